The molecule has 0 aliphatic carbocycles. The first-order valence-corrected chi connectivity index (χ1v) is 5.62. The Bertz CT molecular complexity index is 501. The van der Waals surface area contributed by atoms with Crippen molar-refractivity contribution >= 4 is 17.6 Å². The summed E-state index contributed by atoms with van der Waals surface area (Å²) >= 11 is 0. The van der Waals surface area contributed by atoms with Crippen LogP contribution in [0.5, 0.6) is 0 Å². The Morgan fingerprint density at radius 2 is 2.16 bits per heavy atom. The number of amides is 1. The summed E-state index contributed by atoms with van der Waals surface area (Å²) in [6.45, 7) is 1.72. The summed E-state index contributed by atoms with van der Waals surface area (Å²) in [5.41, 5.74) is -0.0599. The van der Waals surface area contributed by atoms with E-state index in [1.807, 2.05) is 0 Å². The van der Waals surface area contributed by atoms with E-state index >= 15 is 0 Å². The van der Waals surface area contributed by atoms with Crippen molar-refractivity contribution in [2.45, 2.75) is 19.4 Å². The van der Waals surface area contributed by atoms with E-state index in [2.05, 4.69) is 10.1 Å². The third-order valence-electron chi connectivity index (χ3n) is 2.52. The van der Waals surface area contributed by atoms with Crippen molar-refractivity contribution in [2.24, 2.45) is 0 Å². The van der Waals surface area contributed by atoms with Gasteiger partial charge in [0.15, 0.2) is 0 Å². The predicted molar refractivity (Wildman–Crippen MR) is 66.7 cm³/mol. The second kappa shape index (κ2) is 6.48. The van der Waals surface area contributed by atoms with E-state index in [0.29, 0.717) is 6.42 Å². The van der Waals surface area contributed by atoms with Crippen LogP contribution in [0.15, 0.2) is 24.3 Å². The second-order valence-corrected chi connectivity index (χ2v) is 3.76. The van der Waals surface area contributed by atoms with Crippen LogP contribution in [0.3, 0.4) is 0 Å². The molecule has 1 aromatic rings. The Morgan fingerprint density at radius 1 is 1.47 bits per heavy atom. The molecule has 0 spiro atoms. The molecule has 1 N–H and O–H groups in total. The van der Waals surface area contributed by atoms with Crippen molar-refractivity contribution < 1.29 is 19.2 Å². The number of benzene rings is 1. The van der Waals surface area contributed by atoms with Crippen LogP contribution in [-0.4, -0.2) is 30.0 Å². The summed E-state index contributed by atoms with van der Waals surface area (Å²) in [6.07, 6.45) is 0.368. The molecule has 102 valence electrons. The van der Waals surface area contributed by atoms with E-state index in [-0.39, 0.29) is 11.3 Å². The van der Waals surface area contributed by atoms with Gasteiger partial charge in [-0.1, -0.05) is 13.0 Å². The van der Waals surface area contributed by atoms with Crippen molar-refractivity contribution in [3.05, 3.63) is 39.9 Å². The number of non-ortho nitro benzene ring substituents is 1. The van der Waals surface area contributed by atoms with Gasteiger partial charge in [-0.05, 0) is 12.5 Å². The number of nitrogens with one attached hydrogen (secondary N) is 1. The van der Waals surface area contributed by atoms with Crippen LogP contribution >= 0.6 is 0 Å². The summed E-state index contributed by atoms with van der Waals surface area (Å²) in [5.74, 6) is -1.11. The number of methoxy groups -OCH3 is 1. The third-order valence-corrected chi connectivity index (χ3v) is 2.52. The highest BCUT2D eigenvalue weighted by Gasteiger charge is 2.20. The monoisotopic (exact) mass is 266 g/mol. The van der Waals surface area contributed by atoms with Gasteiger partial charge in [-0.2, -0.15) is 0 Å². The normalized spacial score (nSPS) is 11.5. The first-order chi connectivity index (χ1) is 8.99. The van der Waals surface area contributed by atoms with Gasteiger partial charge in [0, 0.05) is 17.7 Å². The molecule has 0 aliphatic heterocycles. The standard InChI is InChI=1S/C12H14N2O5/c1-3-10(12(16)19-2)13-11(15)8-5-4-6-9(7-8)14(17)18/h4-7,10H,3H2,1-2H3,(H,13,15)/t10-/m1/s1. The zero-order valence-corrected chi connectivity index (χ0v) is 10.6. The molecule has 0 aromatic heterocycles. The molecule has 1 amide bonds. The molecule has 7 heteroatoms. The van der Waals surface area contributed by atoms with Crippen molar-refractivity contribution in [1.82, 2.24) is 5.32 Å². The molecular weight excluding hydrogens is 252 g/mol. The van der Waals surface area contributed by atoms with E-state index < -0.39 is 22.8 Å². The predicted octanol–water partition coefficient (Wildman–Crippen LogP) is 1.28. The number of nitrogens with zero attached hydrogens (tertiary/aromatic N) is 1. The maximum atomic E-state index is 11.9. The molecule has 1 rings (SSSR count). The average Bonchev–Trinajstić information content (AvgIpc) is 2.43. The molecule has 0 heterocycles. The SMILES string of the molecule is CC[C@@H](NC(=O)c1cccc([N+](=O)[O-])c1)C(=O)OC. The van der Waals surface area contributed by atoms with Gasteiger partial charge in [0.1, 0.15) is 6.04 Å². The quantitative estimate of drug-likeness (QED) is 0.491. The number of hydrogen-bond donors (Lipinski definition) is 1. The van der Waals surface area contributed by atoms with E-state index in [0.717, 1.165) is 6.07 Å². The van der Waals surface area contributed by atoms with Crippen molar-refractivity contribution in [2.75, 3.05) is 7.11 Å². The van der Waals surface area contributed by atoms with Gasteiger partial charge in [0.05, 0.1) is 12.0 Å². The maximum Gasteiger partial charge on any atom is 0.328 e. The number of nitro groups is 1. The number of carbonyl (C=O) groups excluding carboxylic acids is 2. The lowest BCUT2D eigenvalue weighted by Gasteiger charge is -2.14. The molecule has 7 nitrogen and oxygen atoms in total. The molecular formula is C12H14N2O5. The first-order valence-electron chi connectivity index (χ1n) is 5.62. The van der Waals surface area contributed by atoms with Gasteiger partial charge < -0.3 is 10.1 Å². The third kappa shape index (κ3) is 3.77. The molecule has 0 unspecified atom stereocenters. The summed E-state index contributed by atoms with van der Waals surface area (Å²) in [4.78, 5) is 33.2. The molecule has 0 saturated carbocycles. The minimum absolute atomic E-state index is 0.122. The average molecular weight is 266 g/mol. The molecule has 0 bridgehead atoms. The number of hydrogen-bond acceptors (Lipinski definition) is 5. The van der Waals surface area contributed by atoms with Crippen LogP contribution in [0.4, 0.5) is 5.69 Å². The first kappa shape index (κ1) is 14.6. The second-order valence-electron chi connectivity index (χ2n) is 3.76. The zero-order chi connectivity index (χ0) is 14.4. The summed E-state index contributed by atoms with van der Waals surface area (Å²) in [7, 11) is 1.23. The number of ether oxygens (including phenoxy) is 1. The topological polar surface area (TPSA) is 98.5 Å². The fraction of sp³-hybridized carbons (Fsp3) is 0.333. The number of rotatable bonds is 5. The molecule has 0 saturated heterocycles. The Balaban J connectivity index is 2.85. The largest absolute Gasteiger partial charge is 0.467 e. The Hall–Kier alpha value is -2.44. The van der Waals surface area contributed by atoms with Gasteiger partial charge in [-0.25, -0.2) is 4.79 Å². The van der Waals surface area contributed by atoms with Crippen LogP contribution < -0.4 is 5.32 Å². The van der Waals surface area contributed by atoms with Crippen molar-refractivity contribution in [3.8, 4) is 0 Å². The lowest BCUT2D eigenvalue weighted by Crippen LogP contribution is -2.41. The van der Waals surface area contributed by atoms with Gasteiger partial charge in [0.25, 0.3) is 11.6 Å². The summed E-state index contributed by atoms with van der Waals surface area (Å²) in [5, 5.41) is 13.1. The van der Waals surface area contributed by atoms with E-state index in [1.165, 1.54) is 25.3 Å². The highest BCUT2D eigenvalue weighted by Crippen LogP contribution is 2.13. The molecule has 19 heavy (non-hydrogen) atoms. The Kier molecular flexibility index (Phi) is 4.99. The maximum absolute atomic E-state index is 11.9. The van der Waals surface area contributed by atoms with E-state index in [4.69, 9.17) is 0 Å². The zero-order valence-electron chi connectivity index (χ0n) is 10.6. The molecule has 0 aliphatic rings. The fourth-order valence-corrected chi connectivity index (χ4v) is 1.47. The number of esters is 1. The molecule has 0 radical (unpaired) electrons. The van der Waals surface area contributed by atoms with Gasteiger partial charge in [-0.15, -0.1) is 0 Å². The molecule has 1 atom stereocenters. The minimum atomic E-state index is -0.767. The lowest BCUT2D eigenvalue weighted by molar-refractivity contribution is -0.384. The molecule has 0 fully saturated rings. The summed E-state index contributed by atoms with van der Waals surface area (Å²) in [6, 6.07) is 4.52. The van der Waals surface area contributed by atoms with Crippen LogP contribution in [-0.2, 0) is 9.53 Å². The minimum Gasteiger partial charge on any atom is -0.467 e. The van der Waals surface area contributed by atoms with Gasteiger partial charge >= 0.3 is 5.97 Å². The van der Waals surface area contributed by atoms with Crippen LogP contribution in [0.25, 0.3) is 0 Å². The van der Waals surface area contributed by atoms with Crippen LogP contribution in [0.2, 0.25) is 0 Å². The van der Waals surface area contributed by atoms with E-state index in [9.17, 15) is 19.7 Å². The van der Waals surface area contributed by atoms with E-state index in [1.54, 1.807) is 6.92 Å². The van der Waals surface area contributed by atoms with Crippen LogP contribution in [0, 0.1) is 10.1 Å². The number of nitro benzene ring substituents is 1. The Labute approximate surface area is 109 Å². The van der Waals surface area contributed by atoms with Gasteiger partial charge in [-0.3, -0.25) is 14.9 Å². The van der Waals surface area contributed by atoms with Crippen molar-refractivity contribution in [1.29, 1.82) is 0 Å². The highest BCUT2D eigenvalue weighted by atomic mass is 16.6. The highest BCUT2D eigenvalue weighted by molar-refractivity contribution is 5.97. The fourth-order valence-electron chi connectivity index (χ4n) is 1.47. The van der Waals surface area contributed by atoms with Crippen LogP contribution in [0.1, 0.15) is 23.7 Å². The van der Waals surface area contributed by atoms with Gasteiger partial charge in [0.2, 0.25) is 0 Å². The lowest BCUT2D eigenvalue weighted by atomic mass is 10.1. The Morgan fingerprint density at radius 3 is 2.68 bits per heavy atom. The van der Waals surface area contributed by atoms with Crippen molar-refractivity contribution in [3.63, 3.8) is 0 Å². The molecule has 1 aromatic carbocycles. The summed E-state index contributed by atoms with van der Waals surface area (Å²) < 4.78 is 4.54. The number of carbonyl (C=O) groups is 2. The smallest absolute Gasteiger partial charge is 0.328 e.